The standard InChI is InChI=1S/C8H5IN3/c9-7-3-1-6(2-4-7)8-10-5-11-12-8/h1-4H,(H,10,11,12). The molecule has 12 heavy (non-hydrogen) atoms. The number of halogens is 1. The summed E-state index contributed by atoms with van der Waals surface area (Å²) in [5.74, 6) is 0.686. The molecule has 0 unspecified atom stereocenters. The molecule has 0 aliphatic heterocycles. The van der Waals surface area contributed by atoms with Crippen LogP contribution < -0.4 is 0 Å². The molecule has 3 nitrogen and oxygen atoms in total. The van der Waals surface area contributed by atoms with Crippen LogP contribution in [0.25, 0.3) is 11.4 Å². The molecular formula is C8H5IN3. The zero-order chi connectivity index (χ0) is 8.39. The molecule has 1 N–H and O–H groups in total. The first-order valence-corrected chi connectivity index (χ1v) is 4.48. The highest BCUT2D eigenvalue weighted by atomic mass is 127. The number of H-pyrrole nitrogens is 1. The lowest BCUT2D eigenvalue weighted by molar-refractivity contribution is 1.09. The van der Waals surface area contributed by atoms with Crippen molar-refractivity contribution in [3.63, 3.8) is 0 Å². The van der Waals surface area contributed by atoms with E-state index in [1.54, 1.807) is 0 Å². The number of hydrogen-bond donors (Lipinski definition) is 1. The predicted molar refractivity (Wildman–Crippen MR) is 53.4 cm³/mol. The van der Waals surface area contributed by atoms with E-state index in [0.717, 1.165) is 5.56 Å². The van der Waals surface area contributed by atoms with Crippen LogP contribution in [0.1, 0.15) is 0 Å². The molecule has 1 aromatic heterocycles. The second kappa shape index (κ2) is 3.22. The van der Waals surface area contributed by atoms with E-state index in [1.807, 2.05) is 24.3 Å². The molecule has 59 valence electrons. The molecule has 0 aliphatic rings. The summed E-state index contributed by atoms with van der Waals surface area (Å²) in [7, 11) is 0. The Balaban J connectivity index is 2.43. The highest BCUT2D eigenvalue weighted by molar-refractivity contribution is 14.1. The summed E-state index contributed by atoms with van der Waals surface area (Å²) < 4.78 is 1.20. The van der Waals surface area contributed by atoms with Crippen LogP contribution in [0.4, 0.5) is 0 Å². The van der Waals surface area contributed by atoms with Gasteiger partial charge in [-0.2, -0.15) is 5.10 Å². The van der Waals surface area contributed by atoms with E-state index in [4.69, 9.17) is 0 Å². The van der Waals surface area contributed by atoms with E-state index in [0.29, 0.717) is 5.82 Å². The molecule has 2 rings (SSSR count). The van der Waals surface area contributed by atoms with Gasteiger partial charge in [0.1, 0.15) is 0 Å². The van der Waals surface area contributed by atoms with Crippen LogP contribution in [-0.2, 0) is 0 Å². The van der Waals surface area contributed by atoms with Crippen LogP contribution in [0.3, 0.4) is 0 Å². The largest absolute Gasteiger partial charge is 0.256 e. The Kier molecular flexibility index (Phi) is 2.07. The van der Waals surface area contributed by atoms with E-state index >= 15 is 0 Å². The molecule has 0 amide bonds. The summed E-state index contributed by atoms with van der Waals surface area (Å²) >= 11 is 2.26. The van der Waals surface area contributed by atoms with Gasteiger partial charge in [0, 0.05) is 9.13 Å². The number of aromatic nitrogens is 3. The third-order valence-corrected chi connectivity index (χ3v) is 2.20. The smallest absolute Gasteiger partial charge is 0.193 e. The van der Waals surface area contributed by atoms with Gasteiger partial charge in [-0.05, 0) is 34.7 Å². The molecule has 1 aromatic carbocycles. The number of hydrogen-bond acceptors (Lipinski definition) is 2. The SMILES string of the molecule is Ic1ccc(-c2n[c][nH]n2)cc1. The van der Waals surface area contributed by atoms with Gasteiger partial charge < -0.3 is 0 Å². The highest BCUT2D eigenvalue weighted by Crippen LogP contribution is 2.14. The van der Waals surface area contributed by atoms with Gasteiger partial charge in [-0.1, -0.05) is 12.1 Å². The maximum atomic E-state index is 3.92. The molecule has 0 bridgehead atoms. The highest BCUT2D eigenvalue weighted by Gasteiger charge is 1.99. The average Bonchev–Trinajstić information content (AvgIpc) is 2.58. The fourth-order valence-electron chi connectivity index (χ4n) is 0.909. The van der Waals surface area contributed by atoms with Crippen LogP contribution >= 0.6 is 22.6 Å². The summed E-state index contributed by atoms with van der Waals surface area (Å²) in [6.45, 7) is 0. The molecule has 0 aliphatic carbocycles. The molecule has 0 spiro atoms. The van der Waals surface area contributed by atoms with Crippen molar-refractivity contribution in [2.24, 2.45) is 0 Å². The zero-order valence-corrected chi connectivity index (χ0v) is 8.24. The second-order valence-electron chi connectivity index (χ2n) is 2.28. The normalized spacial score (nSPS) is 10.1. The Bertz CT molecular complexity index is 352. The van der Waals surface area contributed by atoms with Gasteiger partial charge in [0.15, 0.2) is 12.2 Å². The van der Waals surface area contributed by atoms with E-state index in [2.05, 4.69) is 44.1 Å². The fraction of sp³-hybridized carbons (Fsp3) is 0. The average molecular weight is 270 g/mol. The number of rotatable bonds is 1. The monoisotopic (exact) mass is 270 g/mol. The Morgan fingerprint density at radius 2 is 2.00 bits per heavy atom. The van der Waals surface area contributed by atoms with E-state index in [-0.39, 0.29) is 0 Å². The molecule has 0 saturated heterocycles. The number of aromatic amines is 1. The van der Waals surface area contributed by atoms with Crippen LogP contribution in [0.15, 0.2) is 24.3 Å². The molecule has 0 atom stereocenters. The summed E-state index contributed by atoms with van der Waals surface area (Å²) in [4.78, 5) is 3.92. The van der Waals surface area contributed by atoms with Gasteiger partial charge in [-0.15, -0.1) is 0 Å². The van der Waals surface area contributed by atoms with Gasteiger partial charge in [-0.3, -0.25) is 5.10 Å². The molecular weight excluding hydrogens is 265 g/mol. The van der Waals surface area contributed by atoms with Crippen molar-refractivity contribution in [3.8, 4) is 11.4 Å². The summed E-state index contributed by atoms with van der Waals surface area (Å²) in [6, 6.07) is 8.01. The first-order chi connectivity index (χ1) is 5.86. The van der Waals surface area contributed by atoms with Crippen molar-refractivity contribution in [3.05, 3.63) is 34.2 Å². The minimum Gasteiger partial charge on any atom is -0.256 e. The maximum Gasteiger partial charge on any atom is 0.193 e. The maximum absolute atomic E-state index is 3.92. The molecule has 1 radical (unpaired) electrons. The summed E-state index contributed by atoms with van der Waals surface area (Å²) in [6.07, 6.45) is 2.55. The van der Waals surface area contributed by atoms with Gasteiger partial charge in [-0.25, -0.2) is 4.98 Å². The second-order valence-corrected chi connectivity index (χ2v) is 3.52. The quantitative estimate of drug-likeness (QED) is 0.804. The zero-order valence-electron chi connectivity index (χ0n) is 6.08. The fourth-order valence-corrected chi connectivity index (χ4v) is 1.27. The minimum absolute atomic E-state index is 0.686. The van der Waals surface area contributed by atoms with E-state index < -0.39 is 0 Å². The Labute approximate surface area is 83.4 Å². The Morgan fingerprint density at radius 1 is 1.25 bits per heavy atom. The Hall–Kier alpha value is -0.910. The van der Waals surface area contributed by atoms with Gasteiger partial charge in [0.05, 0.1) is 0 Å². The summed E-state index contributed by atoms with van der Waals surface area (Å²) in [5, 5.41) is 6.48. The molecule has 0 saturated carbocycles. The van der Waals surface area contributed by atoms with Crippen molar-refractivity contribution < 1.29 is 0 Å². The number of nitrogens with one attached hydrogen (secondary N) is 1. The van der Waals surface area contributed by atoms with E-state index in [1.165, 1.54) is 3.57 Å². The lowest BCUT2D eigenvalue weighted by atomic mass is 10.2. The van der Waals surface area contributed by atoms with Crippen molar-refractivity contribution in [2.75, 3.05) is 0 Å². The van der Waals surface area contributed by atoms with Crippen molar-refractivity contribution in [1.29, 1.82) is 0 Å². The predicted octanol–water partition coefficient (Wildman–Crippen LogP) is 1.88. The topological polar surface area (TPSA) is 41.6 Å². The third-order valence-electron chi connectivity index (χ3n) is 1.48. The van der Waals surface area contributed by atoms with Crippen molar-refractivity contribution >= 4 is 22.6 Å². The van der Waals surface area contributed by atoms with Crippen LogP contribution in [-0.4, -0.2) is 15.2 Å². The third kappa shape index (κ3) is 1.47. The number of nitrogens with zero attached hydrogens (tertiary/aromatic N) is 2. The first-order valence-electron chi connectivity index (χ1n) is 3.40. The lowest BCUT2D eigenvalue weighted by Gasteiger charge is -1.93. The molecule has 2 aromatic rings. The van der Waals surface area contributed by atoms with Crippen molar-refractivity contribution in [2.45, 2.75) is 0 Å². The number of benzene rings is 1. The summed E-state index contributed by atoms with van der Waals surface area (Å²) in [5.41, 5.74) is 1.01. The van der Waals surface area contributed by atoms with Crippen LogP contribution in [0, 0.1) is 9.90 Å². The first kappa shape index (κ1) is 7.72. The van der Waals surface area contributed by atoms with Crippen LogP contribution in [0.2, 0.25) is 0 Å². The minimum atomic E-state index is 0.686. The van der Waals surface area contributed by atoms with Gasteiger partial charge in [0.2, 0.25) is 0 Å². The lowest BCUT2D eigenvalue weighted by Crippen LogP contribution is -1.80. The van der Waals surface area contributed by atoms with Gasteiger partial charge >= 0.3 is 0 Å². The van der Waals surface area contributed by atoms with Crippen LogP contribution in [0.5, 0.6) is 0 Å². The molecule has 4 heteroatoms. The molecule has 1 heterocycles. The van der Waals surface area contributed by atoms with Gasteiger partial charge in [0.25, 0.3) is 0 Å². The van der Waals surface area contributed by atoms with Crippen molar-refractivity contribution in [1.82, 2.24) is 15.2 Å². The Morgan fingerprint density at radius 3 is 2.58 bits per heavy atom. The molecule has 0 fully saturated rings. The van der Waals surface area contributed by atoms with E-state index in [9.17, 15) is 0 Å².